The van der Waals surface area contributed by atoms with E-state index in [1.165, 1.54) is 30.2 Å². The van der Waals surface area contributed by atoms with E-state index in [0.717, 1.165) is 58.0 Å². The van der Waals surface area contributed by atoms with Gasteiger partial charge in [-0.1, -0.05) is 49.9 Å². The summed E-state index contributed by atoms with van der Waals surface area (Å²) in [4.78, 5) is 70.2. The van der Waals surface area contributed by atoms with Gasteiger partial charge in [-0.2, -0.15) is 0 Å². The Morgan fingerprint density at radius 2 is 1.09 bits per heavy atom. The second-order valence-electron chi connectivity index (χ2n) is 15.7. The van der Waals surface area contributed by atoms with Crippen LogP contribution in [-0.4, -0.2) is 73.6 Å². The van der Waals surface area contributed by atoms with E-state index in [2.05, 4.69) is 41.2 Å². The van der Waals surface area contributed by atoms with Crippen LogP contribution in [0, 0.1) is 37.1 Å². The summed E-state index contributed by atoms with van der Waals surface area (Å²) in [6, 6.07) is 15.5. The highest BCUT2D eigenvalue weighted by Gasteiger charge is 2.36. The van der Waals surface area contributed by atoms with Gasteiger partial charge in [-0.15, -0.1) is 0 Å². The fourth-order valence-electron chi connectivity index (χ4n) is 7.48. The minimum absolute atomic E-state index is 0.0294. The third-order valence-corrected chi connectivity index (χ3v) is 12.2. The summed E-state index contributed by atoms with van der Waals surface area (Å²) in [7, 11) is -1.68. The Labute approximate surface area is 401 Å². The summed E-state index contributed by atoms with van der Waals surface area (Å²) >= 11 is 1.24. The quantitative estimate of drug-likeness (QED) is 0.0523. The van der Waals surface area contributed by atoms with Gasteiger partial charge in [0.05, 0.1) is 35.3 Å². The topological polar surface area (TPSA) is 192 Å². The molecule has 15 nitrogen and oxygen atoms in total. The zero-order valence-electron chi connectivity index (χ0n) is 38.2. The monoisotopic (exact) mass is 982 g/mol. The van der Waals surface area contributed by atoms with Gasteiger partial charge in [-0.25, -0.2) is 56.9 Å². The number of para-hydroxylation sites is 2. The number of thioether (sulfide) groups is 1. The van der Waals surface area contributed by atoms with Crippen molar-refractivity contribution in [2.75, 3.05) is 35.4 Å². The van der Waals surface area contributed by atoms with Crippen LogP contribution in [0.3, 0.4) is 0 Å². The molecule has 1 unspecified atom stereocenters. The standard InChI is InChI=1S/C24H23F2N5O3S.C24H23F2N5O2S/c1-4-10-27-22(32)14-9-8-13(2)15(11-14)19-16-12-28-24(33)31(20-17(25)6-5-7-18(20)26)21(16)30-23(29-19)35(3)34;1-4-10-27-22(32)14-9-8-13(2)15(11-14)19-16-12-28-24(33)31(21(16)30-23(29-19)34-3)20-17(25)6-5-7-18(20)26/h5-9,11H,4,10,12H2,1-3H3,(H,27,32)(H,28,33);5-9,11H,4,10,12H2,1-3H3,(H,27,32)(H,28,33). The lowest BCUT2D eigenvalue weighted by Gasteiger charge is -2.30. The molecule has 69 heavy (non-hydrogen) atoms. The van der Waals surface area contributed by atoms with Crippen molar-refractivity contribution in [3.8, 4) is 22.5 Å². The number of aromatic nitrogens is 4. The molecule has 0 fully saturated rings. The molecule has 0 radical (unpaired) electrons. The van der Waals surface area contributed by atoms with Crippen molar-refractivity contribution in [2.24, 2.45) is 0 Å². The maximum absolute atomic E-state index is 14.7. The van der Waals surface area contributed by atoms with E-state index < -0.39 is 57.5 Å². The third kappa shape index (κ3) is 10.3. The van der Waals surface area contributed by atoms with Gasteiger partial charge in [0.15, 0.2) is 16.8 Å². The first-order chi connectivity index (χ1) is 33.1. The molecule has 2 aliphatic heterocycles. The number of anilines is 4. The third-order valence-electron chi connectivity index (χ3n) is 10.9. The predicted molar refractivity (Wildman–Crippen MR) is 255 cm³/mol. The summed E-state index contributed by atoms with van der Waals surface area (Å²) in [5, 5.41) is 11.1. The summed E-state index contributed by atoms with van der Waals surface area (Å²) in [5.41, 5.74) is 4.22. The molecule has 4 N–H and O–H groups in total. The molecule has 0 spiro atoms. The maximum Gasteiger partial charge on any atom is 0.328 e. The fourth-order valence-corrected chi connectivity index (χ4v) is 8.28. The number of fused-ring (bicyclic) bond motifs is 2. The van der Waals surface area contributed by atoms with Crippen LogP contribution in [0.25, 0.3) is 22.5 Å². The lowest BCUT2D eigenvalue weighted by Crippen LogP contribution is -2.43. The molecule has 0 aliphatic carbocycles. The van der Waals surface area contributed by atoms with Crippen molar-refractivity contribution in [2.45, 2.75) is 63.9 Å². The van der Waals surface area contributed by atoms with E-state index in [9.17, 15) is 40.9 Å². The van der Waals surface area contributed by atoms with Crippen LogP contribution in [0.2, 0.25) is 0 Å². The molecule has 4 heterocycles. The molecule has 0 saturated carbocycles. The fraction of sp³-hybridized carbons (Fsp3) is 0.250. The number of hydrogen-bond acceptors (Lipinski definition) is 10. The zero-order chi connectivity index (χ0) is 49.7. The van der Waals surface area contributed by atoms with Gasteiger partial charge in [0, 0.05) is 52.7 Å². The lowest BCUT2D eigenvalue weighted by molar-refractivity contribution is 0.0945. The van der Waals surface area contributed by atoms with Gasteiger partial charge in [0.1, 0.15) is 34.6 Å². The Balaban J connectivity index is 0.000000204. The van der Waals surface area contributed by atoms with Crippen molar-refractivity contribution < 1.29 is 40.9 Å². The SMILES string of the molecule is CCCNC(=O)c1ccc(C)c(-c2nc(S(C)=O)nc3c2CNC(=O)N3c2c(F)cccc2F)c1.CCCNC(=O)c1ccc(C)c(-c2nc(SC)nc3c2CNC(=O)N3c2c(F)cccc2F)c1. The molecule has 0 bridgehead atoms. The van der Waals surface area contributed by atoms with E-state index in [-0.39, 0.29) is 41.7 Å². The number of aryl methyl sites for hydroxylation is 2. The molecule has 1 atom stereocenters. The van der Waals surface area contributed by atoms with Crippen molar-refractivity contribution in [1.29, 1.82) is 0 Å². The second-order valence-corrected chi connectivity index (χ2v) is 17.7. The van der Waals surface area contributed by atoms with Crippen molar-refractivity contribution in [1.82, 2.24) is 41.2 Å². The van der Waals surface area contributed by atoms with E-state index in [1.54, 1.807) is 36.6 Å². The van der Waals surface area contributed by atoms with Crippen molar-refractivity contribution >= 4 is 69.4 Å². The van der Waals surface area contributed by atoms with E-state index in [4.69, 9.17) is 0 Å². The zero-order valence-corrected chi connectivity index (χ0v) is 39.9. The summed E-state index contributed by atoms with van der Waals surface area (Å²) < 4.78 is 71.1. The van der Waals surface area contributed by atoms with Crippen LogP contribution < -0.4 is 31.1 Å². The Hall–Kier alpha value is -7.26. The number of rotatable bonds is 12. The van der Waals surface area contributed by atoms with Gasteiger partial charge >= 0.3 is 12.1 Å². The van der Waals surface area contributed by atoms with Gasteiger partial charge in [-0.05, 0) is 92.6 Å². The van der Waals surface area contributed by atoms with Gasteiger partial charge in [-0.3, -0.25) is 13.8 Å². The van der Waals surface area contributed by atoms with Crippen LogP contribution in [0.1, 0.15) is 69.7 Å². The highest BCUT2D eigenvalue weighted by molar-refractivity contribution is 7.98. The van der Waals surface area contributed by atoms with E-state index in [1.807, 2.05) is 33.8 Å². The molecule has 2 aromatic heterocycles. The average Bonchev–Trinajstić information content (AvgIpc) is 3.33. The maximum atomic E-state index is 14.7. The number of carbonyl (C=O) groups excluding carboxylic acids is 4. The Morgan fingerprint density at radius 1 is 0.667 bits per heavy atom. The van der Waals surface area contributed by atoms with Gasteiger partial charge < -0.3 is 21.3 Å². The minimum atomic E-state index is -1.68. The number of carbonyl (C=O) groups is 4. The first kappa shape index (κ1) is 49.6. The highest BCUT2D eigenvalue weighted by Crippen LogP contribution is 2.41. The summed E-state index contributed by atoms with van der Waals surface area (Å²) in [6.45, 7) is 8.71. The molecule has 0 saturated heterocycles. The molecular weight excluding hydrogens is 937 g/mol. The molecule has 4 aromatic carbocycles. The van der Waals surface area contributed by atoms with Gasteiger partial charge in [0.2, 0.25) is 5.16 Å². The average molecular weight is 983 g/mol. The number of hydrogen-bond donors (Lipinski definition) is 4. The lowest BCUT2D eigenvalue weighted by atomic mass is 9.97. The largest absolute Gasteiger partial charge is 0.352 e. The van der Waals surface area contributed by atoms with Crippen LogP contribution in [0.5, 0.6) is 0 Å². The number of halogens is 4. The number of urea groups is 2. The van der Waals surface area contributed by atoms with Crippen LogP contribution >= 0.6 is 11.8 Å². The van der Waals surface area contributed by atoms with Crippen LogP contribution in [-0.2, 0) is 23.9 Å². The molecular formula is C48H46F4N10O5S2. The predicted octanol–water partition coefficient (Wildman–Crippen LogP) is 8.92. The number of benzene rings is 4. The van der Waals surface area contributed by atoms with E-state index in [0.29, 0.717) is 63.0 Å². The van der Waals surface area contributed by atoms with Crippen LogP contribution in [0.15, 0.2) is 83.1 Å². The van der Waals surface area contributed by atoms with Crippen molar-refractivity contribution in [3.05, 3.63) is 129 Å². The molecule has 6 aromatic rings. The molecule has 21 heteroatoms. The second kappa shape index (κ2) is 21.4. The highest BCUT2D eigenvalue weighted by atomic mass is 32.2. The van der Waals surface area contributed by atoms with Gasteiger partial charge in [0.25, 0.3) is 11.8 Å². The molecule has 6 amide bonds. The Kier molecular flexibility index (Phi) is 15.4. The first-order valence-corrected chi connectivity index (χ1v) is 24.4. The normalized spacial score (nSPS) is 13.3. The number of nitrogens with zero attached hydrogens (tertiary/aromatic N) is 6. The summed E-state index contributed by atoms with van der Waals surface area (Å²) in [6.07, 6.45) is 4.72. The minimum Gasteiger partial charge on any atom is -0.352 e. The molecule has 8 rings (SSSR count). The number of nitrogens with one attached hydrogen (secondary N) is 4. The molecule has 2 aliphatic rings. The molecule has 358 valence electrons. The Bertz CT molecular complexity index is 3010. The number of amides is 6. The first-order valence-electron chi connectivity index (χ1n) is 21.6. The van der Waals surface area contributed by atoms with E-state index >= 15 is 0 Å². The van der Waals surface area contributed by atoms with Crippen molar-refractivity contribution in [3.63, 3.8) is 0 Å². The summed E-state index contributed by atoms with van der Waals surface area (Å²) in [5.74, 6) is -4.15. The van der Waals surface area contributed by atoms with Crippen LogP contribution in [0.4, 0.5) is 50.2 Å². The Morgan fingerprint density at radius 3 is 1.49 bits per heavy atom. The smallest absolute Gasteiger partial charge is 0.328 e.